The molecule has 0 bridgehead atoms. The molecule has 0 radical (unpaired) electrons. The molecule has 0 aliphatic heterocycles. The lowest BCUT2D eigenvalue weighted by Crippen LogP contribution is -2.15. The largest absolute Gasteiger partial charge is 0.399 e. The number of nitrogens with zero attached hydrogens (tertiary/aromatic N) is 1. The molecule has 2 rings (SSSR count). The predicted molar refractivity (Wildman–Crippen MR) is 83.3 cm³/mol. The van der Waals surface area contributed by atoms with Gasteiger partial charge in [0.25, 0.3) is 0 Å². The van der Waals surface area contributed by atoms with Crippen LogP contribution in [0.5, 0.6) is 0 Å². The maximum Gasteiger partial charge on any atom is 0.236 e. The second-order valence-corrected chi connectivity index (χ2v) is 6.54. The summed E-state index contributed by atoms with van der Waals surface area (Å²) in [5.74, 6) is -0.183. The third-order valence-electron chi connectivity index (χ3n) is 2.70. The summed E-state index contributed by atoms with van der Waals surface area (Å²) in [6.45, 7) is 0. The number of anilines is 2. The van der Waals surface area contributed by atoms with Crippen LogP contribution in [0.2, 0.25) is 5.02 Å². The molecule has 0 aliphatic rings. The fourth-order valence-electron chi connectivity index (χ4n) is 1.72. The SMILES string of the molecule is N#Cc1cc(NS(=O)(=O)Cc2ccc(N)cc2)ccc1Cl. The Morgan fingerprint density at radius 2 is 1.86 bits per heavy atom. The minimum atomic E-state index is -3.58. The Kier molecular flexibility index (Phi) is 4.36. The summed E-state index contributed by atoms with van der Waals surface area (Å²) in [5.41, 5.74) is 7.25. The molecule has 0 saturated heterocycles. The normalized spacial score (nSPS) is 10.9. The van der Waals surface area contributed by atoms with Crippen molar-refractivity contribution in [2.75, 3.05) is 10.5 Å². The van der Waals surface area contributed by atoms with Crippen LogP contribution < -0.4 is 10.5 Å². The van der Waals surface area contributed by atoms with Crippen LogP contribution in [0.25, 0.3) is 0 Å². The van der Waals surface area contributed by atoms with Crippen molar-refractivity contribution in [3.05, 3.63) is 58.6 Å². The number of benzene rings is 2. The molecule has 3 N–H and O–H groups in total. The number of nitriles is 1. The van der Waals surface area contributed by atoms with Crippen molar-refractivity contribution >= 4 is 33.0 Å². The van der Waals surface area contributed by atoms with E-state index in [0.717, 1.165) is 0 Å². The topological polar surface area (TPSA) is 96.0 Å². The average molecular weight is 322 g/mol. The van der Waals surface area contributed by atoms with Crippen molar-refractivity contribution in [2.24, 2.45) is 0 Å². The van der Waals surface area contributed by atoms with Gasteiger partial charge in [-0.25, -0.2) is 8.42 Å². The first-order valence-corrected chi connectivity index (χ1v) is 7.97. The van der Waals surface area contributed by atoms with Crippen LogP contribution in [-0.4, -0.2) is 8.42 Å². The van der Waals surface area contributed by atoms with Crippen molar-refractivity contribution in [2.45, 2.75) is 5.75 Å². The first-order chi connectivity index (χ1) is 9.89. The van der Waals surface area contributed by atoms with Gasteiger partial charge in [-0.1, -0.05) is 23.7 Å². The number of halogens is 1. The number of rotatable bonds is 4. The van der Waals surface area contributed by atoms with Crippen LogP contribution in [-0.2, 0) is 15.8 Å². The molecule has 2 aromatic rings. The minimum absolute atomic E-state index is 0.183. The van der Waals surface area contributed by atoms with Crippen LogP contribution in [0.1, 0.15) is 11.1 Å². The number of hydrogen-bond acceptors (Lipinski definition) is 4. The monoisotopic (exact) mass is 321 g/mol. The fraction of sp³-hybridized carbons (Fsp3) is 0.0714. The first kappa shape index (κ1) is 15.2. The Bertz CT molecular complexity index is 796. The smallest absolute Gasteiger partial charge is 0.236 e. The van der Waals surface area contributed by atoms with Crippen LogP contribution in [0.3, 0.4) is 0 Å². The molecule has 0 fully saturated rings. The zero-order chi connectivity index (χ0) is 15.5. The third-order valence-corrected chi connectivity index (χ3v) is 4.29. The zero-order valence-corrected chi connectivity index (χ0v) is 12.4. The number of nitrogens with two attached hydrogens (primary N) is 1. The maximum absolute atomic E-state index is 12.1. The molecule has 0 aromatic heterocycles. The molecule has 0 atom stereocenters. The summed E-state index contributed by atoms with van der Waals surface area (Å²) in [4.78, 5) is 0. The van der Waals surface area contributed by atoms with E-state index in [9.17, 15) is 8.42 Å². The van der Waals surface area contributed by atoms with Gasteiger partial charge in [0, 0.05) is 11.4 Å². The first-order valence-electron chi connectivity index (χ1n) is 5.94. The summed E-state index contributed by atoms with van der Waals surface area (Å²) in [5, 5.41) is 9.16. The highest BCUT2D eigenvalue weighted by molar-refractivity contribution is 7.91. The summed E-state index contributed by atoms with van der Waals surface area (Å²) < 4.78 is 26.6. The van der Waals surface area contributed by atoms with E-state index in [-0.39, 0.29) is 16.3 Å². The minimum Gasteiger partial charge on any atom is -0.399 e. The second kappa shape index (κ2) is 6.04. The molecule has 0 heterocycles. The molecular formula is C14H12ClN3O2S. The molecule has 0 amide bonds. The highest BCUT2D eigenvalue weighted by Crippen LogP contribution is 2.21. The molecule has 21 heavy (non-hydrogen) atoms. The van der Waals surface area contributed by atoms with Crippen LogP contribution in [0, 0.1) is 11.3 Å². The standard InChI is InChI=1S/C14H12ClN3O2S/c15-14-6-5-13(7-11(14)8-16)18-21(19,20)9-10-1-3-12(17)4-2-10/h1-7,18H,9,17H2. The second-order valence-electron chi connectivity index (χ2n) is 4.41. The van der Waals surface area contributed by atoms with Gasteiger partial charge in [-0.15, -0.1) is 0 Å². The summed E-state index contributed by atoms with van der Waals surface area (Å²) in [6.07, 6.45) is 0. The van der Waals surface area contributed by atoms with E-state index in [1.54, 1.807) is 24.3 Å². The third kappa shape index (κ3) is 4.12. The molecule has 0 spiro atoms. The average Bonchev–Trinajstić information content (AvgIpc) is 2.43. The van der Waals surface area contributed by atoms with E-state index in [1.807, 2.05) is 6.07 Å². The molecule has 0 aliphatic carbocycles. The Morgan fingerprint density at radius 1 is 1.19 bits per heavy atom. The Labute approximate surface area is 128 Å². The zero-order valence-electron chi connectivity index (χ0n) is 10.9. The van der Waals surface area contributed by atoms with Crippen molar-refractivity contribution < 1.29 is 8.42 Å². The molecular weight excluding hydrogens is 310 g/mol. The van der Waals surface area contributed by atoms with Gasteiger partial charge in [0.1, 0.15) is 6.07 Å². The van der Waals surface area contributed by atoms with Gasteiger partial charge in [0.2, 0.25) is 10.0 Å². The molecule has 2 aromatic carbocycles. The number of sulfonamides is 1. The van der Waals surface area contributed by atoms with Crippen LogP contribution in [0.15, 0.2) is 42.5 Å². The van der Waals surface area contributed by atoms with Crippen LogP contribution in [0.4, 0.5) is 11.4 Å². The van der Waals surface area contributed by atoms with E-state index in [0.29, 0.717) is 16.9 Å². The number of nitrogen functional groups attached to an aromatic ring is 1. The van der Waals surface area contributed by atoms with Gasteiger partial charge in [0.15, 0.2) is 0 Å². The van der Waals surface area contributed by atoms with Gasteiger partial charge in [-0.2, -0.15) is 5.26 Å². The van der Waals surface area contributed by atoms with E-state index < -0.39 is 10.0 Å². The van der Waals surface area contributed by atoms with E-state index in [4.69, 9.17) is 22.6 Å². The quantitative estimate of drug-likeness (QED) is 0.846. The van der Waals surface area contributed by atoms with Gasteiger partial charge >= 0.3 is 0 Å². The molecule has 0 unspecified atom stereocenters. The van der Waals surface area contributed by atoms with E-state index in [2.05, 4.69) is 4.72 Å². The predicted octanol–water partition coefficient (Wildman–Crippen LogP) is 2.74. The lowest BCUT2D eigenvalue weighted by Gasteiger charge is -2.09. The Hall–Kier alpha value is -2.23. The van der Waals surface area contributed by atoms with Crippen molar-refractivity contribution in [1.29, 1.82) is 5.26 Å². The van der Waals surface area contributed by atoms with Gasteiger partial charge in [-0.3, -0.25) is 4.72 Å². The highest BCUT2D eigenvalue weighted by Gasteiger charge is 2.12. The molecule has 5 nitrogen and oxygen atoms in total. The van der Waals surface area contributed by atoms with Gasteiger partial charge in [0.05, 0.1) is 16.3 Å². The molecule has 0 saturated carbocycles. The van der Waals surface area contributed by atoms with Crippen molar-refractivity contribution in [1.82, 2.24) is 0 Å². The lowest BCUT2D eigenvalue weighted by molar-refractivity contribution is 0.600. The van der Waals surface area contributed by atoms with Crippen molar-refractivity contribution in [3.8, 4) is 6.07 Å². The fourth-order valence-corrected chi connectivity index (χ4v) is 3.07. The molecule has 7 heteroatoms. The maximum atomic E-state index is 12.1. The van der Waals surface area contributed by atoms with Gasteiger partial charge < -0.3 is 5.73 Å². The van der Waals surface area contributed by atoms with E-state index >= 15 is 0 Å². The summed E-state index contributed by atoms with van der Waals surface area (Å²) in [6, 6.07) is 12.8. The van der Waals surface area contributed by atoms with E-state index in [1.165, 1.54) is 18.2 Å². The molecule has 108 valence electrons. The Morgan fingerprint density at radius 3 is 2.48 bits per heavy atom. The lowest BCUT2D eigenvalue weighted by atomic mass is 10.2. The van der Waals surface area contributed by atoms with Crippen molar-refractivity contribution in [3.63, 3.8) is 0 Å². The highest BCUT2D eigenvalue weighted by atomic mass is 35.5. The summed E-state index contributed by atoms with van der Waals surface area (Å²) in [7, 11) is -3.58. The number of hydrogen-bond donors (Lipinski definition) is 2. The summed E-state index contributed by atoms with van der Waals surface area (Å²) >= 11 is 5.80. The number of nitrogens with one attached hydrogen (secondary N) is 1. The van der Waals surface area contributed by atoms with Gasteiger partial charge in [-0.05, 0) is 35.9 Å². The van der Waals surface area contributed by atoms with Crippen LogP contribution >= 0.6 is 11.6 Å². The Balaban J connectivity index is 2.18.